The Balaban J connectivity index is 1.83. The summed E-state index contributed by atoms with van der Waals surface area (Å²) in [4.78, 5) is 4.02. The van der Waals surface area contributed by atoms with Gasteiger partial charge in [0, 0.05) is 18.9 Å². The van der Waals surface area contributed by atoms with Gasteiger partial charge < -0.3 is 0 Å². The fourth-order valence-corrected chi connectivity index (χ4v) is 4.69. The molecule has 0 fully saturated rings. The minimum Gasteiger partial charge on any atom is -0.264 e. The SMILES string of the molecule is O=S(=O)(NCCCc1cccnc1)c1ccc(Br)s1. The summed E-state index contributed by atoms with van der Waals surface area (Å²) in [6.07, 6.45) is 5.08. The molecule has 0 atom stereocenters. The first-order valence-electron chi connectivity index (χ1n) is 5.72. The quantitative estimate of drug-likeness (QED) is 0.805. The Morgan fingerprint density at radius 3 is 2.79 bits per heavy atom. The van der Waals surface area contributed by atoms with Gasteiger partial charge in [-0.2, -0.15) is 0 Å². The number of nitrogens with one attached hydrogen (secondary N) is 1. The Morgan fingerprint density at radius 1 is 1.32 bits per heavy atom. The van der Waals surface area contributed by atoms with Crippen LogP contribution in [0.2, 0.25) is 0 Å². The van der Waals surface area contributed by atoms with Gasteiger partial charge in [0.1, 0.15) is 4.21 Å². The lowest BCUT2D eigenvalue weighted by Crippen LogP contribution is -2.24. The minimum absolute atomic E-state index is 0.334. The summed E-state index contributed by atoms with van der Waals surface area (Å²) in [7, 11) is -3.37. The highest BCUT2D eigenvalue weighted by atomic mass is 79.9. The maximum Gasteiger partial charge on any atom is 0.250 e. The molecule has 0 aromatic carbocycles. The van der Waals surface area contributed by atoms with Crippen molar-refractivity contribution in [3.8, 4) is 0 Å². The third-order valence-electron chi connectivity index (χ3n) is 2.47. The van der Waals surface area contributed by atoms with Gasteiger partial charge in [-0.25, -0.2) is 13.1 Å². The lowest BCUT2D eigenvalue weighted by molar-refractivity contribution is 0.581. The largest absolute Gasteiger partial charge is 0.264 e. The molecule has 0 bridgehead atoms. The number of aromatic nitrogens is 1. The molecule has 0 unspecified atom stereocenters. The van der Waals surface area contributed by atoms with Gasteiger partial charge in [-0.1, -0.05) is 6.07 Å². The molecule has 0 aliphatic rings. The van der Waals surface area contributed by atoms with Crippen LogP contribution in [0.4, 0.5) is 0 Å². The van der Waals surface area contributed by atoms with Crippen LogP contribution in [0, 0.1) is 0 Å². The summed E-state index contributed by atoms with van der Waals surface area (Å²) in [5.41, 5.74) is 1.11. The number of aryl methyl sites for hydroxylation is 1. The maximum absolute atomic E-state index is 11.9. The second-order valence-corrected chi connectivity index (χ2v) is 8.38. The van der Waals surface area contributed by atoms with Crippen molar-refractivity contribution in [1.29, 1.82) is 0 Å². The normalized spacial score (nSPS) is 11.6. The van der Waals surface area contributed by atoms with E-state index in [1.165, 1.54) is 11.3 Å². The Hall–Kier alpha value is -0.760. The van der Waals surface area contributed by atoms with E-state index in [4.69, 9.17) is 0 Å². The third-order valence-corrected chi connectivity index (χ3v) is 6.05. The molecule has 0 radical (unpaired) electrons. The zero-order valence-corrected chi connectivity index (χ0v) is 13.3. The van der Waals surface area contributed by atoms with E-state index < -0.39 is 10.0 Å². The van der Waals surface area contributed by atoms with Crippen LogP contribution in [-0.4, -0.2) is 19.9 Å². The fourth-order valence-electron chi connectivity index (χ4n) is 1.56. The highest BCUT2D eigenvalue weighted by molar-refractivity contribution is 9.11. The van der Waals surface area contributed by atoms with Crippen LogP contribution in [0.25, 0.3) is 0 Å². The average molecular weight is 361 g/mol. The Kier molecular flexibility index (Phi) is 5.09. The standard InChI is InChI=1S/C12H13BrN2O2S2/c13-11-5-6-12(18-11)19(16,17)15-8-2-4-10-3-1-7-14-9-10/h1,3,5-7,9,15H,2,4,8H2. The monoisotopic (exact) mass is 360 g/mol. The highest BCUT2D eigenvalue weighted by Gasteiger charge is 2.15. The molecule has 2 rings (SSSR count). The zero-order chi connectivity index (χ0) is 13.7. The molecule has 2 aromatic rings. The number of thiophene rings is 1. The zero-order valence-electron chi connectivity index (χ0n) is 10.0. The molecular weight excluding hydrogens is 348 g/mol. The van der Waals surface area contributed by atoms with E-state index >= 15 is 0 Å². The van der Waals surface area contributed by atoms with Crippen molar-refractivity contribution in [2.24, 2.45) is 0 Å². The number of halogens is 1. The van der Waals surface area contributed by atoms with Crippen molar-refractivity contribution >= 4 is 37.3 Å². The number of sulfonamides is 1. The first-order chi connectivity index (χ1) is 9.08. The molecule has 0 amide bonds. The molecule has 2 aromatic heterocycles. The third kappa shape index (κ3) is 4.38. The van der Waals surface area contributed by atoms with Crippen molar-refractivity contribution < 1.29 is 8.42 Å². The van der Waals surface area contributed by atoms with E-state index in [1.807, 2.05) is 12.1 Å². The summed E-state index contributed by atoms with van der Waals surface area (Å²) >= 11 is 4.46. The fraction of sp³-hybridized carbons (Fsp3) is 0.250. The average Bonchev–Trinajstić information content (AvgIpc) is 2.84. The number of nitrogens with zero attached hydrogens (tertiary/aromatic N) is 1. The van der Waals surface area contributed by atoms with E-state index in [2.05, 4.69) is 25.6 Å². The van der Waals surface area contributed by atoms with Crippen LogP contribution < -0.4 is 4.72 Å². The Morgan fingerprint density at radius 2 is 2.16 bits per heavy atom. The number of pyridine rings is 1. The molecule has 102 valence electrons. The highest BCUT2D eigenvalue weighted by Crippen LogP contribution is 2.25. The predicted molar refractivity (Wildman–Crippen MR) is 79.8 cm³/mol. The van der Waals surface area contributed by atoms with Gasteiger partial charge in [0.2, 0.25) is 10.0 Å². The van der Waals surface area contributed by atoms with Gasteiger partial charge in [-0.05, 0) is 52.5 Å². The van der Waals surface area contributed by atoms with Crippen molar-refractivity contribution in [3.05, 3.63) is 46.0 Å². The molecule has 0 aliphatic heterocycles. The van der Waals surface area contributed by atoms with E-state index in [-0.39, 0.29) is 0 Å². The lowest BCUT2D eigenvalue weighted by atomic mass is 10.2. The predicted octanol–water partition coefficient (Wildman–Crippen LogP) is 2.82. The smallest absolute Gasteiger partial charge is 0.250 e. The van der Waals surface area contributed by atoms with E-state index in [9.17, 15) is 8.42 Å². The molecule has 4 nitrogen and oxygen atoms in total. The van der Waals surface area contributed by atoms with Gasteiger partial charge in [0.15, 0.2) is 0 Å². The van der Waals surface area contributed by atoms with Crippen molar-refractivity contribution in [2.75, 3.05) is 6.54 Å². The second-order valence-electron chi connectivity index (χ2n) is 3.92. The van der Waals surface area contributed by atoms with Crippen molar-refractivity contribution in [2.45, 2.75) is 17.1 Å². The molecule has 1 N–H and O–H groups in total. The van der Waals surface area contributed by atoms with Gasteiger partial charge >= 0.3 is 0 Å². The minimum atomic E-state index is -3.37. The van der Waals surface area contributed by atoms with Crippen LogP contribution >= 0.6 is 27.3 Å². The summed E-state index contributed by atoms with van der Waals surface area (Å²) in [5, 5.41) is 0. The first kappa shape index (κ1) is 14.6. The first-order valence-corrected chi connectivity index (χ1v) is 8.81. The molecule has 7 heteroatoms. The van der Waals surface area contributed by atoms with E-state index in [1.54, 1.807) is 24.5 Å². The summed E-state index contributed by atoms with van der Waals surface area (Å²) < 4.78 is 27.6. The van der Waals surface area contributed by atoms with E-state index in [0.717, 1.165) is 22.2 Å². The Labute approximate surface area is 125 Å². The molecule has 19 heavy (non-hydrogen) atoms. The molecular formula is C12H13BrN2O2S2. The van der Waals surface area contributed by atoms with Gasteiger partial charge in [0.05, 0.1) is 3.79 Å². The molecule has 0 aliphatic carbocycles. The maximum atomic E-state index is 11.9. The van der Waals surface area contributed by atoms with Crippen molar-refractivity contribution in [1.82, 2.24) is 9.71 Å². The van der Waals surface area contributed by atoms with Gasteiger partial charge in [-0.15, -0.1) is 11.3 Å². The van der Waals surface area contributed by atoms with Crippen LogP contribution in [0.3, 0.4) is 0 Å². The lowest BCUT2D eigenvalue weighted by Gasteiger charge is -2.04. The van der Waals surface area contributed by atoms with Crippen LogP contribution in [0.15, 0.2) is 44.7 Å². The van der Waals surface area contributed by atoms with Crippen LogP contribution in [-0.2, 0) is 16.4 Å². The van der Waals surface area contributed by atoms with Gasteiger partial charge in [0.25, 0.3) is 0 Å². The number of rotatable bonds is 6. The number of hydrogen-bond acceptors (Lipinski definition) is 4. The Bertz CT molecular complexity index is 626. The number of hydrogen-bond donors (Lipinski definition) is 1. The summed E-state index contributed by atoms with van der Waals surface area (Å²) in [5.74, 6) is 0. The molecule has 0 saturated carbocycles. The molecule has 0 spiro atoms. The second kappa shape index (κ2) is 6.60. The molecule has 2 heterocycles. The van der Waals surface area contributed by atoms with E-state index in [0.29, 0.717) is 10.8 Å². The summed E-state index contributed by atoms with van der Waals surface area (Å²) in [6, 6.07) is 7.19. The molecule has 0 saturated heterocycles. The van der Waals surface area contributed by atoms with Gasteiger partial charge in [-0.3, -0.25) is 4.98 Å². The van der Waals surface area contributed by atoms with Crippen LogP contribution in [0.1, 0.15) is 12.0 Å². The van der Waals surface area contributed by atoms with Crippen LogP contribution in [0.5, 0.6) is 0 Å². The topological polar surface area (TPSA) is 59.1 Å². The summed E-state index contributed by atoms with van der Waals surface area (Å²) in [6.45, 7) is 0.423. The van der Waals surface area contributed by atoms with Crippen molar-refractivity contribution in [3.63, 3.8) is 0 Å².